The maximum absolute atomic E-state index is 13.1. The molecule has 0 aliphatic heterocycles. The van der Waals surface area contributed by atoms with Gasteiger partial charge in [0.1, 0.15) is 5.78 Å². The molecule has 2 aromatic heterocycles. The van der Waals surface area contributed by atoms with Crippen molar-refractivity contribution in [3.05, 3.63) is 71.8 Å². The number of hydrogen-bond donors (Lipinski definition) is 0. The first kappa shape index (κ1) is 24.0. The average molecular weight is 480 g/mol. The number of ketones is 1. The van der Waals surface area contributed by atoms with Crippen LogP contribution in [0.5, 0.6) is 5.88 Å². The molecular weight excluding hydrogens is 450 g/mol. The van der Waals surface area contributed by atoms with E-state index in [1.807, 2.05) is 44.2 Å². The molecule has 2 heterocycles. The summed E-state index contributed by atoms with van der Waals surface area (Å²) in [5, 5.41) is -0.225. The van der Waals surface area contributed by atoms with E-state index in [4.69, 9.17) is 4.74 Å². The number of benzene rings is 1. The summed E-state index contributed by atoms with van der Waals surface area (Å²) in [6.45, 7) is 4.36. The van der Waals surface area contributed by atoms with Crippen molar-refractivity contribution < 1.29 is 17.9 Å². The van der Waals surface area contributed by atoms with Gasteiger partial charge in [-0.15, -0.1) is 0 Å². The van der Waals surface area contributed by atoms with E-state index in [0.717, 1.165) is 24.0 Å². The fourth-order valence-electron chi connectivity index (χ4n) is 3.95. The first-order chi connectivity index (χ1) is 16.4. The standard InChI is InChI=1S/C26H29N3O4S/c1-3-22(23-7-5-6-20(28-23)17-34(31,32)21-12-13-21)25(30)14-18-8-10-19(11-9-18)24-15-27-16-26(29-24)33-4-2/h5-11,15-16,21-22H,3-4,12-14,17H2,1-2H3. The quantitative estimate of drug-likeness (QED) is 0.404. The zero-order chi connectivity index (χ0) is 24.1. The van der Waals surface area contributed by atoms with Crippen molar-refractivity contribution >= 4 is 15.6 Å². The molecule has 3 aromatic rings. The van der Waals surface area contributed by atoms with Crippen molar-refractivity contribution in [3.63, 3.8) is 0 Å². The Kier molecular flexibility index (Phi) is 7.36. The van der Waals surface area contributed by atoms with Gasteiger partial charge in [0, 0.05) is 12.0 Å². The third-order valence-corrected chi connectivity index (χ3v) is 8.08. The lowest BCUT2D eigenvalue weighted by Crippen LogP contribution is -2.17. The second kappa shape index (κ2) is 10.4. The predicted octanol–water partition coefficient (Wildman–Crippen LogP) is 4.32. The van der Waals surface area contributed by atoms with Crippen LogP contribution in [0.15, 0.2) is 54.9 Å². The Labute approximate surface area is 200 Å². The van der Waals surface area contributed by atoms with Crippen LogP contribution in [0, 0.1) is 0 Å². The Morgan fingerprint density at radius 1 is 1.06 bits per heavy atom. The molecular formula is C26H29N3O4S. The maximum atomic E-state index is 13.1. The van der Waals surface area contributed by atoms with Gasteiger partial charge in [0.2, 0.25) is 5.88 Å². The van der Waals surface area contributed by atoms with Gasteiger partial charge in [-0.1, -0.05) is 37.3 Å². The molecule has 178 valence electrons. The first-order valence-corrected chi connectivity index (χ1v) is 13.4. The number of Topliss-reactive ketones (excluding diaryl/α,β-unsaturated/α-hetero) is 1. The summed E-state index contributed by atoms with van der Waals surface area (Å²) in [6, 6.07) is 13.0. The lowest BCUT2D eigenvalue weighted by atomic mass is 9.92. The van der Waals surface area contributed by atoms with Crippen molar-refractivity contribution in [3.8, 4) is 17.1 Å². The molecule has 1 fully saturated rings. The van der Waals surface area contributed by atoms with Crippen molar-refractivity contribution in [2.24, 2.45) is 0 Å². The van der Waals surface area contributed by atoms with E-state index < -0.39 is 9.84 Å². The molecule has 0 N–H and O–H groups in total. The Bertz CT molecular complexity index is 1260. The average Bonchev–Trinajstić information content (AvgIpc) is 3.67. The van der Waals surface area contributed by atoms with E-state index in [9.17, 15) is 13.2 Å². The molecule has 0 radical (unpaired) electrons. The molecule has 1 aromatic carbocycles. The highest BCUT2D eigenvalue weighted by Gasteiger charge is 2.36. The maximum Gasteiger partial charge on any atom is 0.232 e. The minimum absolute atomic E-state index is 0.0584. The molecule has 1 aliphatic carbocycles. The van der Waals surface area contributed by atoms with Crippen LogP contribution < -0.4 is 4.74 Å². The first-order valence-electron chi connectivity index (χ1n) is 11.6. The van der Waals surface area contributed by atoms with E-state index in [2.05, 4.69) is 15.0 Å². The summed E-state index contributed by atoms with van der Waals surface area (Å²) in [6.07, 6.45) is 5.61. The molecule has 0 saturated heterocycles. The topological polar surface area (TPSA) is 99.1 Å². The Balaban J connectivity index is 1.45. The van der Waals surface area contributed by atoms with Crippen LogP contribution in [-0.4, -0.2) is 41.0 Å². The van der Waals surface area contributed by atoms with Gasteiger partial charge in [-0.05, 0) is 43.9 Å². The summed E-state index contributed by atoms with van der Waals surface area (Å²) in [7, 11) is -3.16. The highest BCUT2D eigenvalue weighted by atomic mass is 32.2. The lowest BCUT2D eigenvalue weighted by molar-refractivity contribution is -0.120. The number of pyridine rings is 1. The normalized spacial score (nSPS) is 14.5. The SMILES string of the molecule is CCOc1cncc(-c2ccc(CC(=O)C(CC)c3cccc(CS(=O)(=O)C4CC4)n3)cc2)n1. The van der Waals surface area contributed by atoms with Crippen molar-refractivity contribution in [1.82, 2.24) is 15.0 Å². The smallest absolute Gasteiger partial charge is 0.232 e. The molecule has 0 spiro atoms. The van der Waals surface area contributed by atoms with E-state index in [0.29, 0.717) is 36.0 Å². The third-order valence-electron chi connectivity index (χ3n) is 5.90. The molecule has 8 heteroatoms. The number of nitrogens with zero attached hydrogens (tertiary/aromatic N) is 3. The van der Waals surface area contributed by atoms with Crippen molar-refractivity contribution in [2.45, 2.75) is 56.5 Å². The zero-order valence-corrected chi connectivity index (χ0v) is 20.3. The molecule has 34 heavy (non-hydrogen) atoms. The van der Waals surface area contributed by atoms with Crippen LogP contribution in [0.1, 0.15) is 56.0 Å². The van der Waals surface area contributed by atoms with Gasteiger partial charge in [0.25, 0.3) is 0 Å². The molecule has 7 nitrogen and oxygen atoms in total. The van der Waals surface area contributed by atoms with E-state index in [-0.39, 0.29) is 29.1 Å². The monoisotopic (exact) mass is 479 g/mol. The summed E-state index contributed by atoms with van der Waals surface area (Å²) < 4.78 is 30.1. The number of carbonyl (C=O) groups is 1. The largest absolute Gasteiger partial charge is 0.477 e. The molecule has 0 amide bonds. The van der Waals surface area contributed by atoms with E-state index >= 15 is 0 Å². The van der Waals surface area contributed by atoms with E-state index in [1.54, 1.807) is 24.5 Å². The molecule has 1 saturated carbocycles. The second-order valence-electron chi connectivity index (χ2n) is 8.54. The van der Waals surface area contributed by atoms with Gasteiger partial charge in [0.05, 0.1) is 53.0 Å². The zero-order valence-electron chi connectivity index (χ0n) is 19.5. The number of ether oxygens (including phenoxy) is 1. The fourth-order valence-corrected chi connectivity index (χ4v) is 5.61. The minimum atomic E-state index is -3.16. The van der Waals surface area contributed by atoms with Crippen LogP contribution in [-0.2, 0) is 26.8 Å². The number of hydrogen-bond acceptors (Lipinski definition) is 7. The van der Waals surface area contributed by atoms with Gasteiger partial charge in [0.15, 0.2) is 9.84 Å². The number of carbonyl (C=O) groups excluding carboxylic acids is 1. The number of aromatic nitrogens is 3. The van der Waals surface area contributed by atoms with Crippen LogP contribution in [0.2, 0.25) is 0 Å². The minimum Gasteiger partial charge on any atom is -0.477 e. The molecule has 1 atom stereocenters. The van der Waals surface area contributed by atoms with Crippen LogP contribution >= 0.6 is 0 Å². The van der Waals surface area contributed by atoms with Gasteiger partial charge in [-0.3, -0.25) is 14.8 Å². The van der Waals surface area contributed by atoms with Crippen molar-refractivity contribution in [2.75, 3.05) is 6.61 Å². The molecule has 4 rings (SSSR count). The lowest BCUT2D eigenvalue weighted by Gasteiger charge is -2.15. The van der Waals surface area contributed by atoms with Crippen LogP contribution in [0.4, 0.5) is 0 Å². The molecule has 0 bridgehead atoms. The second-order valence-corrected chi connectivity index (χ2v) is 10.8. The van der Waals surface area contributed by atoms with Gasteiger partial charge >= 0.3 is 0 Å². The number of rotatable bonds is 11. The van der Waals surface area contributed by atoms with Gasteiger partial charge < -0.3 is 4.74 Å². The summed E-state index contributed by atoms with van der Waals surface area (Å²) >= 11 is 0. The fraction of sp³-hybridized carbons (Fsp3) is 0.385. The Hall–Kier alpha value is -3.13. The van der Waals surface area contributed by atoms with Crippen molar-refractivity contribution in [1.29, 1.82) is 0 Å². The highest BCUT2D eigenvalue weighted by molar-refractivity contribution is 7.91. The summed E-state index contributed by atoms with van der Waals surface area (Å²) in [5.74, 6) is 0.0927. The van der Waals surface area contributed by atoms with Gasteiger partial charge in [-0.2, -0.15) is 0 Å². The highest BCUT2D eigenvalue weighted by Crippen LogP contribution is 2.31. The third kappa shape index (κ3) is 5.86. The molecule has 1 unspecified atom stereocenters. The van der Waals surface area contributed by atoms with Crippen LogP contribution in [0.25, 0.3) is 11.3 Å². The number of sulfone groups is 1. The Morgan fingerprint density at radius 3 is 2.50 bits per heavy atom. The van der Waals surface area contributed by atoms with Crippen LogP contribution in [0.3, 0.4) is 0 Å². The van der Waals surface area contributed by atoms with E-state index in [1.165, 1.54) is 0 Å². The predicted molar refractivity (Wildman–Crippen MR) is 130 cm³/mol. The Morgan fingerprint density at radius 2 is 1.82 bits per heavy atom. The summed E-state index contributed by atoms with van der Waals surface area (Å²) in [5.41, 5.74) is 3.64. The van der Waals surface area contributed by atoms with Gasteiger partial charge in [-0.25, -0.2) is 13.4 Å². The summed E-state index contributed by atoms with van der Waals surface area (Å²) in [4.78, 5) is 26.3. The molecule has 1 aliphatic rings.